The van der Waals surface area contributed by atoms with E-state index in [1.807, 2.05) is 18.2 Å². The van der Waals surface area contributed by atoms with E-state index in [0.29, 0.717) is 28.7 Å². The molecular weight excluding hydrogens is 470 g/mol. The van der Waals surface area contributed by atoms with Crippen LogP contribution in [0.1, 0.15) is 51.4 Å². The van der Waals surface area contributed by atoms with Crippen LogP contribution in [0.3, 0.4) is 0 Å². The molecule has 2 amide bonds. The summed E-state index contributed by atoms with van der Waals surface area (Å²) < 4.78 is 7.93. The molecule has 1 aliphatic heterocycles. The second-order valence-corrected chi connectivity index (χ2v) is 10.6. The van der Waals surface area contributed by atoms with Crippen molar-refractivity contribution in [2.45, 2.75) is 56.3 Å². The standard InChI is InChI=1S/C24H27N5O3S2/c25-22(31)21-17-9-4-10-18(17)34-23(21)26-20(30)14-33-24-28-27-19(12-15-6-2-1-3-7-15)29(24)13-16-8-5-11-32-16/h1-3,6-7,16H,4-5,8-14H2,(H2,25,31)(H,26,30). The second-order valence-electron chi connectivity index (χ2n) is 8.57. The number of thiophene rings is 1. The average Bonchev–Trinajstić information content (AvgIpc) is 3.60. The first-order valence-corrected chi connectivity index (χ1v) is 13.3. The van der Waals surface area contributed by atoms with Crippen LogP contribution in [0.5, 0.6) is 0 Å². The molecule has 10 heteroatoms. The van der Waals surface area contributed by atoms with E-state index in [4.69, 9.17) is 10.5 Å². The molecule has 1 unspecified atom stereocenters. The molecule has 5 rings (SSSR count). The molecule has 0 saturated carbocycles. The van der Waals surface area contributed by atoms with Crippen LogP contribution in [0, 0.1) is 0 Å². The van der Waals surface area contributed by atoms with Crippen LogP contribution in [0.4, 0.5) is 5.00 Å². The Hall–Kier alpha value is -2.69. The number of primary amides is 1. The van der Waals surface area contributed by atoms with Crippen molar-refractivity contribution in [3.63, 3.8) is 0 Å². The molecule has 1 aliphatic carbocycles. The third-order valence-corrected chi connectivity index (χ3v) is 8.34. The van der Waals surface area contributed by atoms with Crippen molar-refractivity contribution in [1.82, 2.24) is 14.8 Å². The minimum absolute atomic E-state index is 0.130. The molecule has 3 heterocycles. The summed E-state index contributed by atoms with van der Waals surface area (Å²) in [5.41, 5.74) is 8.25. The number of benzene rings is 1. The average molecular weight is 498 g/mol. The van der Waals surface area contributed by atoms with Gasteiger partial charge in [-0.3, -0.25) is 9.59 Å². The number of nitrogens with two attached hydrogens (primary N) is 1. The Kier molecular flexibility index (Phi) is 6.98. The van der Waals surface area contributed by atoms with Gasteiger partial charge >= 0.3 is 0 Å². The quantitative estimate of drug-likeness (QED) is 0.438. The number of carbonyl (C=O) groups is 2. The summed E-state index contributed by atoms with van der Waals surface area (Å²) in [7, 11) is 0. The monoisotopic (exact) mass is 497 g/mol. The fraction of sp³-hybridized carbons (Fsp3) is 0.417. The van der Waals surface area contributed by atoms with Gasteiger partial charge in [0.25, 0.3) is 5.91 Å². The van der Waals surface area contributed by atoms with E-state index < -0.39 is 5.91 Å². The number of thioether (sulfide) groups is 1. The van der Waals surface area contributed by atoms with Gasteiger partial charge in [0.15, 0.2) is 5.16 Å². The summed E-state index contributed by atoms with van der Waals surface area (Å²) in [6.07, 6.45) is 5.65. The number of carbonyl (C=O) groups excluding carboxylic acids is 2. The fourth-order valence-corrected chi connectivity index (χ4v) is 6.63. The van der Waals surface area contributed by atoms with Gasteiger partial charge in [-0.05, 0) is 43.2 Å². The fourth-order valence-electron chi connectivity index (χ4n) is 4.56. The molecule has 1 aromatic carbocycles. The first kappa shape index (κ1) is 23.1. The van der Waals surface area contributed by atoms with Crippen molar-refractivity contribution >= 4 is 39.9 Å². The van der Waals surface area contributed by atoms with Gasteiger partial charge in [-0.25, -0.2) is 0 Å². The number of aryl methyl sites for hydroxylation is 1. The number of anilines is 1. The summed E-state index contributed by atoms with van der Waals surface area (Å²) >= 11 is 2.81. The molecule has 1 atom stereocenters. The summed E-state index contributed by atoms with van der Waals surface area (Å²) in [5.74, 6) is 0.346. The molecule has 2 aromatic heterocycles. The van der Waals surface area contributed by atoms with Crippen LogP contribution >= 0.6 is 23.1 Å². The number of rotatable bonds is 9. The number of ether oxygens (including phenoxy) is 1. The van der Waals surface area contributed by atoms with E-state index in [9.17, 15) is 9.59 Å². The van der Waals surface area contributed by atoms with Crippen molar-refractivity contribution in [1.29, 1.82) is 0 Å². The summed E-state index contributed by atoms with van der Waals surface area (Å²) in [5, 5.41) is 13.0. The van der Waals surface area contributed by atoms with Gasteiger partial charge in [0.1, 0.15) is 10.8 Å². The third kappa shape index (κ3) is 5.03. The molecule has 34 heavy (non-hydrogen) atoms. The first-order chi connectivity index (χ1) is 16.6. The highest BCUT2D eigenvalue weighted by molar-refractivity contribution is 7.99. The van der Waals surface area contributed by atoms with E-state index in [0.717, 1.165) is 60.5 Å². The van der Waals surface area contributed by atoms with Crippen LogP contribution in [0.25, 0.3) is 0 Å². The Labute approximate surface area is 206 Å². The number of nitrogens with one attached hydrogen (secondary N) is 1. The van der Waals surface area contributed by atoms with Crippen molar-refractivity contribution in [2.75, 3.05) is 17.7 Å². The van der Waals surface area contributed by atoms with Gasteiger partial charge in [0, 0.05) is 17.9 Å². The summed E-state index contributed by atoms with van der Waals surface area (Å²) in [6, 6.07) is 10.2. The normalized spacial score (nSPS) is 17.1. The van der Waals surface area contributed by atoms with Gasteiger partial charge < -0.3 is 20.4 Å². The molecule has 178 valence electrons. The molecule has 0 bridgehead atoms. The van der Waals surface area contributed by atoms with Crippen molar-refractivity contribution < 1.29 is 14.3 Å². The van der Waals surface area contributed by atoms with Crippen molar-refractivity contribution in [2.24, 2.45) is 5.73 Å². The van der Waals surface area contributed by atoms with E-state index in [2.05, 4.69) is 32.2 Å². The van der Waals surface area contributed by atoms with Gasteiger partial charge in [0.05, 0.1) is 24.0 Å². The molecule has 3 N–H and O–H groups in total. The lowest BCUT2D eigenvalue weighted by Crippen LogP contribution is -2.20. The zero-order valence-corrected chi connectivity index (χ0v) is 20.4. The Balaban J connectivity index is 1.29. The molecule has 1 saturated heterocycles. The highest BCUT2D eigenvalue weighted by Crippen LogP contribution is 2.39. The van der Waals surface area contributed by atoms with E-state index in [1.165, 1.54) is 23.1 Å². The number of hydrogen-bond donors (Lipinski definition) is 2. The topological polar surface area (TPSA) is 112 Å². The SMILES string of the molecule is NC(=O)c1c(NC(=O)CSc2nnc(Cc3ccccc3)n2CC2CCCO2)sc2c1CCC2. The molecule has 0 spiro atoms. The maximum atomic E-state index is 12.8. The Morgan fingerprint density at radius 3 is 2.82 bits per heavy atom. The Morgan fingerprint density at radius 1 is 1.21 bits per heavy atom. The maximum absolute atomic E-state index is 12.8. The third-order valence-electron chi connectivity index (χ3n) is 6.16. The molecule has 3 aromatic rings. The summed E-state index contributed by atoms with van der Waals surface area (Å²) in [6.45, 7) is 1.45. The largest absolute Gasteiger partial charge is 0.376 e. The second kappa shape index (κ2) is 10.3. The number of fused-ring (bicyclic) bond motifs is 1. The van der Waals surface area contributed by atoms with Gasteiger partial charge in [-0.2, -0.15) is 0 Å². The zero-order chi connectivity index (χ0) is 23.5. The van der Waals surface area contributed by atoms with Gasteiger partial charge in [-0.15, -0.1) is 21.5 Å². The van der Waals surface area contributed by atoms with E-state index >= 15 is 0 Å². The Bertz CT molecular complexity index is 1180. The zero-order valence-electron chi connectivity index (χ0n) is 18.8. The minimum Gasteiger partial charge on any atom is -0.376 e. The number of hydrogen-bond acceptors (Lipinski definition) is 7. The predicted molar refractivity (Wildman–Crippen MR) is 132 cm³/mol. The molecule has 0 radical (unpaired) electrons. The molecule has 1 fully saturated rings. The summed E-state index contributed by atoms with van der Waals surface area (Å²) in [4.78, 5) is 25.9. The van der Waals surface area contributed by atoms with Crippen molar-refractivity contribution in [3.8, 4) is 0 Å². The number of nitrogens with zero attached hydrogens (tertiary/aromatic N) is 3. The van der Waals surface area contributed by atoms with Crippen molar-refractivity contribution in [3.05, 3.63) is 57.7 Å². The minimum atomic E-state index is -0.482. The highest BCUT2D eigenvalue weighted by Gasteiger charge is 2.26. The first-order valence-electron chi connectivity index (χ1n) is 11.5. The van der Waals surface area contributed by atoms with Crippen LogP contribution in [-0.4, -0.2) is 45.0 Å². The number of amides is 2. The molecular formula is C24H27N5O3S2. The lowest BCUT2D eigenvalue weighted by atomic mass is 10.1. The maximum Gasteiger partial charge on any atom is 0.251 e. The highest BCUT2D eigenvalue weighted by atomic mass is 32.2. The van der Waals surface area contributed by atoms with E-state index in [1.54, 1.807) is 0 Å². The van der Waals surface area contributed by atoms with Crippen LogP contribution in [-0.2, 0) is 35.3 Å². The lowest BCUT2D eigenvalue weighted by molar-refractivity contribution is -0.113. The lowest BCUT2D eigenvalue weighted by Gasteiger charge is -2.14. The van der Waals surface area contributed by atoms with Gasteiger partial charge in [0.2, 0.25) is 5.91 Å². The predicted octanol–water partition coefficient (Wildman–Crippen LogP) is 3.43. The van der Waals surface area contributed by atoms with Crippen LogP contribution in [0.15, 0.2) is 35.5 Å². The Morgan fingerprint density at radius 2 is 2.06 bits per heavy atom. The molecule has 2 aliphatic rings. The number of aromatic nitrogens is 3. The smallest absolute Gasteiger partial charge is 0.251 e. The van der Waals surface area contributed by atoms with Crippen LogP contribution in [0.2, 0.25) is 0 Å². The molecule has 8 nitrogen and oxygen atoms in total. The van der Waals surface area contributed by atoms with E-state index in [-0.39, 0.29) is 17.8 Å². The van der Waals surface area contributed by atoms with Crippen LogP contribution < -0.4 is 11.1 Å². The van der Waals surface area contributed by atoms with Gasteiger partial charge in [-0.1, -0.05) is 42.1 Å².